The van der Waals surface area contributed by atoms with Crippen LogP contribution in [0.1, 0.15) is 0 Å². The van der Waals surface area contributed by atoms with Crippen LogP contribution in [-0.2, 0) is 5.88 Å². The van der Waals surface area contributed by atoms with Crippen molar-refractivity contribution in [2.75, 3.05) is 6.26 Å². The molecular formula is C10H10N2O2S. The molecule has 1 aromatic heterocycles. The molecule has 1 heterocycles. The molecule has 78 valence electrons. The molecule has 0 N–H and O–H groups in total. The average Bonchev–Trinajstić information content (AvgIpc) is 2.61. The predicted octanol–water partition coefficient (Wildman–Crippen LogP) is 2.87. The number of aromatic nitrogens is 1. The number of thioether (sulfide) groups is 1. The van der Waals surface area contributed by atoms with Crippen LogP contribution in [0.5, 0.6) is 0 Å². The molecule has 0 radical (unpaired) electrons. The fraction of sp³-hybridized carbons (Fsp3) is 0.200. The monoisotopic (exact) mass is 222 g/mol. The Hall–Kier alpha value is -1.49. The topological polar surface area (TPSA) is 48.1 Å². The summed E-state index contributed by atoms with van der Waals surface area (Å²) in [6, 6.07) is 6.84. The number of nitrogens with zero attached hydrogens (tertiary/aromatic N) is 2. The van der Waals surface area contributed by atoms with E-state index in [0.29, 0.717) is 0 Å². The molecule has 0 atom stereocenters. The molecule has 15 heavy (non-hydrogen) atoms. The maximum atomic E-state index is 10.6. The largest absolute Gasteiger partial charge is 0.338 e. The molecule has 0 saturated carbocycles. The molecule has 2 rings (SSSR count). The maximum absolute atomic E-state index is 10.6. The fourth-order valence-electron chi connectivity index (χ4n) is 1.55. The van der Waals surface area contributed by atoms with Gasteiger partial charge in [-0.3, -0.25) is 10.1 Å². The molecule has 0 fully saturated rings. The third-order valence-corrected chi connectivity index (χ3v) is 2.77. The second-order valence-corrected chi connectivity index (χ2v) is 4.04. The molecule has 0 aliphatic carbocycles. The average molecular weight is 222 g/mol. The summed E-state index contributed by atoms with van der Waals surface area (Å²) < 4.78 is 2.07. The highest BCUT2D eigenvalue weighted by Gasteiger charge is 2.07. The molecule has 4 nitrogen and oxygen atoms in total. The molecule has 0 saturated heterocycles. The van der Waals surface area contributed by atoms with E-state index in [2.05, 4.69) is 4.57 Å². The van der Waals surface area contributed by atoms with Crippen LogP contribution in [0.15, 0.2) is 30.5 Å². The summed E-state index contributed by atoms with van der Waals surface area (Å²) in [6.07, 6.45) is 3.97. The minimum absolute atomic E-state index is 0.143. The minimum Gasteiger partial charge on any atom is -0.338 e. The van der Waals surface area contributed by atoms with E-state index < -0.39 is 0 Å². The summed E-state index contributed by atoms with van der Waals surface area (Å²) in [6.45, 7) is 0. The van der Waals surface area contributed by atoms with Crippen molar-refractivity contribution in [1.29, 1.82) is 0 Å². The Labute approximate surface area is 91.0 Å². The minimum atomic E-state index is -0.370. The molecule has 0 unspecified atom stereocenters. The van der Waals surface area contributed by atoms with Crippen LogP contribution in [0.4, 0.5) is 5.69 Å². The number of fused-ring (bicyclic) bond motifs is 1. The van der Waals surface area contributed by atoms with Gasteiger partial charge in [-0.05, 0) is 18.4 Å². The summed E-state index contributed by atoms with van der Waals surface area (Å²) in [5, 5.41) is 11.5. The van der Waals surface area contributed by atoms with Gasteiger partial charge in [0, 0.05) is 29.2 Å². The van der Waals surface area contributed by atoms with Gasteiger partial charge in [-0.15, -0.1) is 11.8 Å². The number of rotatable bonds is 3. The van der Waals surface area contributed by atoms with Gasteiger partial charge >= 0.3 is 0 Å². The molecule has 2 aromatic rings. The molecule has 5 heteroatoms. The summed E-state index contributed by atoms with van der Waals surface area (Å²) in [5.41, 5.74) is 1.18. The number of non-ortho nitro benzene ring substituents is 1. The van der Waals surface area contributed by atoms with Crippen molar-refractivity contribution in [3.05, 3.63) is 40.6 Å². The van der Waals surface area contributed by atoms with Crippen LogP contribution in [0.3, 0.4) is 0 Å². The van der Waals surface area contributed by atoms with Crippen molar-refractivity contribution < 1.29 is 4.92 Å². The van der Waals surface area contributed by atoms with E-state index in [1.54, 1.807) is 30.0 Å². The molecule has 0 aliphatic rings. The first-order valence-electron chi connectivity index (χ1n) is 4.44. The van der Waals surface area contributed by atoms with Crippen LogP contribution in [0.25, 0.3) is 10.9 Å². The second kappa shape index (κ2) is 3.94. The van der Waals surface area contributed by atoms with Gasteiger partial charge in [0.15, 0.2) is 0 Å². The highest BCUT2D eigenvalue weighted by Crippen LogP contribution is 2.22. The molecule has 0 amide bonds. The lowest BCUT2D eigenvalue weighted by Gasteiger charge is -2.01. The quantitative estimate of drug-likeness (QED) is 0.592. The third-order valence-electron chi connectivity index (χ3n) is 2.23. The Morgan fingerprint density at radius 1 is 1.47 bits per heavy atom. The third kappa shape index (κ3) is 1.83. The number of nitro groups is 1. The molecule has 0 spiro atoms. The number of hydrogen-bond acceptors (Lipinski definition) is 3. The van der Waals surface area contributed by atoms with Crippen molar-refractivity contribution in [2.24, 2.45) is 0 Å². The first-order valence-corrected chi connectivity index (χ1v) is 5.84. The van der Waals surface area contributed by atoms with Gasteiger partial charge in [0.1, 0.15) is 0 Å². The zero-order valence-corrected chi connectivity index (χ0v) is 9.03. The van der Waals surface area contributed by atoms with Gasteiger partial charge in [0.05, 0.1) is 10.8 Å². The highest BCUT2D eigenvalue weighted by molar-refractivity contribution is 7.97. The molecule has 0 bridgehead atoms. The van der Waals surface area contributed by atoms with Crippen molar-refractivity contribution in [3.8, 4) is 0 Å². The second-order valence-electron chi connectivity index (χ2n) is 3.20. The Kier molecular flexibility index (Phi) is 2.64. The Morgan fingerprint density at radius 3 is 2.93 bits per heavy atom. The lowest BCUT2D eigenvalue weighted by atomic mass is 10.2. The Morgan fingerprint density at radius 2 is 2.27 bits per heavy atom. The van der Waals surface area contributed by atoms with Crippen molar-refractivity contribution >= 4 is 28.4 Å². The first-order chi connectivity index (χ1) is 7.22. The van der Waals surface area contributed by atoms with Crippen molar-refractivity contribution in [3.63, 3.8) is 0 Å². The summed E-state index contributed by atoms with van der Waals surface area (Å²) in [4.78, 5) is 10.2. The van der Waals surface area contributed by atoms with E-state index in [1.807, 2.05) is 18.5 Å². The summed E-state index contributed by atoms with van der Waals surface area (Å²) >= 11 is 1.71. The number of hydrogen-bond donors (Lipinski definition) is 0. The van der Waals surface area contributed by atoms with Crippen molar-refractivity contribution in [1.82, 2.24) is 4.57 Å². The van der Waals surface area contributed by atoms with Gasteiger partial charge < -0.3 is 4.57 Å². The van der Waals surface area contributed by atoms with Crippen LogP contribution in [0.2, 0.25) is 0 Å². The van der Waals surface area contributed by atoms with Gasteiger partial charge in [-0.2, -0.15) is 0 Å². The SMILES string of the molecule is CSCn1ccc2cc([N+](=O)[O-])ccc21. The van der Waals surface area contributed by atoms with Gasteiger partial charge in [-0.25, -0.2) is 0 Å². The fourth-order valence-corrected chi connectivity index (χ4v) is 2.06. The maximum Gasteiger partial charge on any atom is 0.270 e. The molecule has 0 aliphatic heterocycles. The Balaban J connectivity index is 2.51. The normalized spacial score (nSPS) is 10.7. The lowest BCUT2D eigenvalue weighted by Crippen LogP contribution is -1.91. The van der Waals surface area contributed by atoms with Gasteiger partial charge in [0.2, 0.25) is 0 Å². The van der Waals surface area contributed by atoms with Crippen molar-refractivity contribution in [2.45, 2.75) is 5.88 Å². The van der Waals surface area contributed by atoms with Crippen LogP contribution < -0.4 is 0 Å². The van der Waals surface area contributed by atoms with Crippen LogP contribution in [-0.4, -0.2) is 15.7 Å². The first kappa shape index (κ1) is 10.0. The van der Waals surface area contributed by atoms with E-state index in [9.17, 15) is 10.1 Å². The standard InChI is InChI=1S/C10H10N2O2S/c1-15-7-11-5-4-8-6-9(12(13)14)2-3-10(8)11/h2-6H,7H2,1H3. The number of nitro benzene ring substituents is 1. The zero-order valence-electron chi connectivity index (χ0n) is 8.21. The zero-order chi connectivity index (χ0) is 10.8. The summed E-state index contributed by atoms with van der Waals surface area (Å²) in [5.74, 6) is 0.862. The van der Waals surface area contributed by atoms with E-state index in [1.165, 1.54) is 0 Å². The van der Waals surface area contributed by atoms with E-state index >= 15 is 0 Å². The predicted molar refractivity (Wildman–Crippen MR) is 62.1 cm³/mol. The van der Waals surface area contributed by atoms with Crippen LogP contribution >= 0.6 is 11.8 Å². The molecular weight excluding hydrogens is 212 g/mol. The van der Waals surface area contributed by atoms with Gasteiger partial charge in [-0.1, -0.05) is 0 Å². The van der Waals surface area contributed by atoms with Crippen LogP contribution in [0, 0.1) is 10.1 Å². The Bertz CT molecular complexity index is 507. The lowest BCUT2D eigenvalue weighted by molar-refractivity contribution is -0.384. The molecule has 1 aromatic carbocycles. The van der Waals surface area contributed by atoms with E-state index in [0.717, 1.165) is 16.8 Å². The number of benzene rings is 1. The van der Waals surface area contributed by atoms with E-state index in [-0.39, 0.29) is 10.6 Å². The van der Waals surface area contributed by atoms with E-state index in [4.69, 9.17) is 0 Å². The summed E-state index contributed by atoms with van der Waals surface area (Å²) in [7, 11) is 0. The highest BCUT2D eigenvalue weighted by atomic mass is 32.2. The smallest absolute Gasteiger partial charge is 0.270 e. The van der Waals surface area contributed by atoms with Gasteiger partial charge in [0.25, 0.3) is 5.69 Å².